The van der Waals surface area contributed by atoms with Gasteiger partial charge in [0.05, 0.1) is 33.1 Å². The van der Waals surface area contributed by atoms with Crippen molar-refractivity contribution in [3.63, 3.8) is 0 Å². The molecule has 1 aliphatic carbocycles. The number of anilines is 2. The lowest BCUT2D eigenvalue weighted by molar-refractivity contribution is -0.137. The number of esters is 1. The number of carbonyl (C=O) groups excluding carboxylic acids is 2. The molecule has 19 heteroatoms. The van der Waals surface area contributed by atoms with E-state index in [1.165, 1.54) is 24.3 Å². The minimum atomic E-state index is -5.26. The molecule has 1 heterocycles. The lowest BCUT2D eigenvalue weighted by Gasteiger charge is -2.25. The van der Waals surface area contributed by atoms with Gasteiger partial charge in [-0.1, -0.05) is 54.1 Å². The average molecular weight is 797 g/mol. The summed E-state index contributed by atoms with van der Waals surface area (Å²) in [7, 11) is -14.8. The number of hydrogen-bond acceptors (Lipinski definition) is 12. The second-order valence-electron chi connectivity index (χ2n) is 12.2. The molecule has 5 aromatic rings. The Morgan fingerprint density at radius 3 is 2.07 bits per heavy atom. The Balaban J connectivity index is 1.59. The summed E-state index contributed by atoms with van der Waals surface area (Å²) in [6.07, 6.45) is -0.811. The summed E-state index contributed by atoms with van der Waals surface area (Å²) in [5, 5.41) is 11.1. The van der Waals surface area contributed by atoms with Gasteiger partial charge >= 0.3 is 11.9 Å². The number of nitrogens with one attached hydrogen (secondary N) is 2. The molecule has 0 saturated heterocycles. The molecule has 0 fully saturated rings. The number of aromatic amines is 1. The van der Waals surface area contributed by atoms with E-state index in [-0.39, 0.29) is 35.1 Å². The molecule has 0 unspecified atom stereocenters. The van der Waals surface area contributed by atoms with Crippen LogP contribution in [0.5, 0.6) is 0 Å². The van der Waals surface area contributed by atoms with Crippen LogP contribution in [-0.4, -0.2) is 67.9 Å². The highest BCUT2D eigenvalue weighted by Gasteiger charge is 2.36. The third kappa shape index (κ3) is 7.26. The summed E-state index contributed by atoms with van der Waals surface area (Å²) in [6.45, 7) is 1.58. The van der Waals surface area contributed by atoms with Crippen LogP contribution in [0.1, 0.15) is 50.2 Å². The molecule has 0 radical (unpaired) electrons. The maximum atomic E-state index is 14.2. The Hall–Kier alpha value is -5.73. The van der Waals surface area contributed by atoms with Crippen LogP contribution in [0, 0.1) is 6.92 Å². The number of aryl methyl sites for hydroxylation is 1. The number of benzene rings is 4. The number of carboxylic acid groups (broad SMARTS) is 1. The number of ether oxygens (including phenoxy) is 1. The second kappa shape index (κ2) is 13.9. The molecule has 0 saturated carbocycles. The predicted octanol–water partition coefficient (Wildman–Crippen LogP) is 4.28. The van der Waals surface area contributed by atoms with Gasteiger partial charge in [-0.15, -0.1) is 0 Å². The Morgan fingerprint density at radius 2 is 1.44 bits per heavy atom. The van der Waals surface area contributed by atoms with E-state index in [9.17, 15) is 53.5 Å². The standard InChI is InChI=1S/C35H28N2O14S3/c1-18-8-10-19(11-9-18)17-51-35(42)31-28-21-5-2-3-6-22(21)33(40)29-24(16-26(54(48,49)50)32(30(28)29)37-34(31)41)36-23-13-12-20(15-25(23)53(45,46)47)52(43,44)14-4-7-27(38)39/h2-3,5-6,8-13,15-16,36H,4,7,14,17H2,1H3,(H,37,41)(H,38,39)(H,45,46,47)(H,48,49,50). The zero-order valence-electron chi connectivity index (χ0n) is 27.8. The number of pyridine rings is 1. The van der Waals surface area contributed by atoms with Crippen molar-refractivity contribution in [3.8, 4) is 11.1 Å². The van der Waals surface area contributed by atoms with E-state index in [2.05, 4.69) is 10.3 Å². The smallest absolute Gasteiger partial charge is 0.344 e. The molecular formula is C35H28N2O14S3. The van der Waals surface area contributed by atoms with Crippen LogP contribution in [-0.2, 0) is 46.2 Å². The second-order valence-corrected chi connectivity index (χ2v) is 17.1. The average Bonchev–Trinajstić information content (AvgIpc) is 3.09. The molecule has 54 heavy (non-hydrogen) atoms. The van der Waals surface area contributed by atoms with Crippen molar-refractivity contribution in [2.75, 3.05) is 11.1 Å². The molecule has 1 aliphatic rings. The van der Waals surface area contributed by atoms with E-state index in [0.29, 0.717) is 11.6 Å². The van der Waals surface area contributed by atoms with E-state index < -0.39 is 108 Å². The SMILES string of the molecule is Cc1ccc(COC(=O)c2c3c4c(c(Nc5ccc(S(=O)(=O)CCCC(=O)O)cc5S(=O)(=O)O)cc(S(=O)(=O)O)c4[nH]c2=O)C(=O)c2ccccc2-3)cc1. The first kappa shape index (κ1) is 38.0. The van der Waals surface area contributed by atoms with E-state index in [4.69, 9.17) is 9.84 Å². The summed E-state index contributed by atoms with van der Waals surface area (Å²) in [6, 6.07) is 15.8. The van der Waals surface area contributed by atoms with Gasteiger partial charge in [0.25, 0.3) is 25.8 Å². The molecule has 1 aromatic heterocycles. The van der Waals surface area contributed by atoms with Gasteiger partial charge in [0.1, 0.15) is 22.0 Å². The molecular weight excluding hydrogens is 769 g/mol. The normalized spacial score (nSPS) is 12.7. The monoisotopic (exact) mass is 796 g/mol. The molecule has 0 amide bonds. The molecule has 0 bridgehead atoms. The number of H-pyrrole nitrogens is 1. The summed E-state index contributed by atoms with van der Waals surface area (Å²) in [5.41, 5.74) is -2.54. The first-order valence-corrected chi connectivity index (χ1v) is 20.3. The lowest BCUT2D eigenvalue weighted by atomic mass is 9.81. The van der Waals surface area contributed by atoms with Gasteiger partial charge in [0.15, 0.2) is 15.6 Å². The van der Waals surface area contributed by atoms with Crippen molar-refractivity contribution < 1.29 is 58.6 Å². The third-order valence-corrected chi connectivity index (χ3v) is 12.1. The van der Waals surface area contributed by atoms with Crippen LogP contribution in [0.15, 0.2) is 92.3 Å². The number of aliphatic carboxylic acids is 1. The van der Waals surface area contributed by atoms with Gasteiger partial charge in [0, 0.05) is 22.9 Å². The summed E-state index contributed by atoms with van der Waals surface area (Å²) < 4.78 is 103. The Labute approximate surface area is 306 Å². The number of sulfone groups is 1. The van der Waals surface area contributed by atoms with E-state index in [1.807, 2.05) is 6.92 Å². The minimum Gasteiger partial charge on any atom is -0.481 e. The van der Waals surface area contributed by atoms with Crippen molar-refractivity contribution >= 4 is 70.1 Å². The van der Waals surface area contributed by atoms with Crippen LogP contribution in [0.2, 0.25) is 0 Å². The van der Waals surface area contributed by atoms with Gasteiger partial charge < -0.3 is 20.1 Å². The maximum Gasteiger partial charge on any atom is 0.344 e. The lowest BCUT2D eigenvalue weighted by Crippen LogP contribution is -2.25. The van der Waals surface area contributed by atoms with Crippen LogP contribution >= 0.6 is 0 Å². The van der Waals surface area contributed by atoms with Gasteiger partial charge in [-0.3, -0.25) is 23.5 Å². The number of rotatable bonds is 12. The van der Waals surface area contributed by atoms with Crippen LogP contribution in [0.3, 0.4) is 0 Å². The van der Waals surface area contributed by atoms with Crippen molar-refractivity contribution in [1.29, 1.82) is 0 Å². The summed E-state index contributed by atoms with van der Waals surface area (Å²) in [4.78, 5) is 52.1. The largest absolute Gasteiger partial charge is 0.481 e. The van der Waals surface area contributed by atoms with Crippen LogP contribution in [0.25, 0.3) is 22.0 Å². The Bertz CT molecular complexity index is 2830. The number of carboxylic acids is 1. The van der Waals surface area contributed by atoms with Crippen molar-refractivity contribution in [2.45, 2.75) is 41.1 Å². The number of hydrogen-bond donors (Lipinski definition) is 5. The zero-order chi connectivity index (χ0) is 39.3. The first-order valence-electron chi connectivity index (χ1n) is 15.7. The molecule has 16 nitrogen and oxygen atoms in total. The fourth-order valence-corrected chi connectivity index (χ4v) is 8.84. The fraction of sp³-hybridized carbons (Fsp3) is 0.143. The van der Waals surface area contributed by atoms with Crippen molar-refractivity contribution in [2.24, 2.45) is 0 Å². The maximum absolute atomic E-state index is 14.2. The quantitative estimate of drug-likeness (QED) is 0.0854. The fourth-order valence-electron chi connectivity index (χ4n) is 6.08. The first-order chi connectivity index (χ1) is 25.3. The zero-order valence-corrected chi connectivity index (χ0v) is 30.3. The molecule has 5 N–H and O–H groups in total. The van der Waals surface area contributed by atoms with Crippen LogP contribution < -0.4 is 10.9 Å². The number of ketones is 1. The van der Waals surface area contributed by atoms with E-state index in [1.54, 1.807) is 24.3 Å². The van der Waals surface area contributed by atoms with Crippen molar-refractivity contribution in [1.82, 2.24) is 4.98 Å². The third-order valence-electron chi connectivity index (χ3n) is 8.56. The minimum absolute atomic E-state index is 0.0305. The highest BCUT2D eigenvalue weighted by molar-refractivity contribution is 7.91. The Morgan fingerprint density at radius 1 is 0.796 bits per heavy atom. The Kier molecular flexibility index (Phi) is 9.80. The van der Waals surface area contributed by atoms with Gasteiger partial charge in [-0.25, -0.2) is 13.2 Å². The predicted molar refractivity (Wildman–Crippen MR) is 192 cm³/mol. The van der Waals surface area contributed by atoms with Crippen molar-refractivity contribution in [3.05, 3.63) is 111 Å². The highest BCUT2D eigenvalue weighted by Crippen LogP contribution is 2.46. The number of carbonyl (C=O) groups is 3. The molecule has 0 aliphatic heterocycles. The molecule has 4 aromatic carbocycles. The summed E-state index contributed by atoms with van der Waals surface area (Å²) in [5.74, 6) is -3.90. The van der Waals surface area contributed by atoms with Gasteiger partial charge in [-0.05, 0) is 48.7 Å². The number of aromatic nitrogens is 1. The highest BCUT2D eigenvalue weighted by atomic mass is 32.2. The van der Waals surface area contributed by atoms with Gasteiger partial charge in [-0.2, -0.15) is 16.8 Å². The molecule has 0 spiro atoms. The molecule has 0 atom stereocenters. The molecule has 6 rings (SSSR count). The summed E-state index contributed by atoms with van der Waals surface area (Å²) >= 11 is 0. The van der Waals surface area contributed by atoms with Gasteiger partial charge in [0.2, 0.25) is 0 Å². The molecule has 280 valence electrons. The van der Waals surface area contributed by atoms with E-state index in [0.717, 1.165) is 23.8 Å². The number of fused-ring (bicyclic) bond motifs is 2. The van der Waals surface area contributed by atoms with E-state index >= 15 is 0 Å². The van der Waals surface area contributed by atoms with Crippen LogP contribution in [0.4, 0.5) is 11.4 Å². The topological polar surface area (TPSA) is 268 Å².